The average Bonchev–Trinajstić information content (AvgIpc) is 2.62. The Kier molecular flexibility index (Phi) is 4.00. The van der Waals surface area contributed by atoms with E-state index in [1.807, 2.05) is 12.1 Å². The predicted octanol–water partition coefficient (Wildman–Crippen LogP) is 1.85. The normalized spacial score (nSPS) is 16.1. The Hall–Kier alpha value is -1.68. The smallest absolute Gasteiger partial charge is 0.299 e. The summed E-state index contributed by atoms with van der Waals surface area (Å²) in [5.41, 5.74) is 1.27. The van der Waals surface area contributed by atoms with Crippen LogP contribution < -0.4 is 10.2 Å². The van der Waals surface area contributed by atoms with Crippen LogP contribution in [0.2, 0.25) is 0 Å². The van der Waals surface area contributed by atoms with Gasteiger partial charge in [-0.1, -0.05) is 32.9 Å². The van der Waals surface area contributed by atoms with Crippen LogP contribution >= 0.6 is 0 Å². The first-order valence-corrected chi connectivity index (χ1v) is 6.69. The molecule has 2 rings (SSSR count). The van der Waals surface area contributed by atoms with Crippen molar-refractivity contribution in [2.75, 3.05) is 18.0 Å². The van der Waals surface area contributed by atoms with Crippen LogP contribution in [0.1, 0.15) is 31.1 Å². The number of hydrogen-bond donors (Lipinski definition) is 1. The van der Waals surface area contributed by atoms with Crippen molar-refractivity contribution in [1.29, 1.82) is 0 Å². The van der Waals surface area contributed by atoms with Gasteiger partial charge in [0.1, 0.15) is 0 Å². The van der Waals surface area contributed by atoms with Gasteiger partial charge in [0.05, 0.1) is 11.3 Å². The molecule has 1 amide bonds. The molecule has 0 bridgehead atoms. The number of carbonyl (C=O) groups excluding carboxylic acids is 2. The highest BCUT2D eigenvalue weighted by Gasteiger charge is 2.35. The second kappa shape index (κ2) is 5.53. The molecule has 0 saturated heterocycles. The van der Waals surface area contributed by atoms with Crippen LogP contribution in [-0.2, 0) is 4.79 Å². The first-order valence-electron chi connectivity index (χ1n) is 6.69. The number of carbonyl (C=O) groups is 2. The molecule has 0 aliphatic carbocycles. The molecule has 0 radical (unpaired) electrons. The van der Waals surface area contributed by atoms with Crippen molar-refractivity contribution in [3.8, 4) is 0 Å². The number of ketones is 1. The van der Waals surface area contributed by atoms with Crippen LogP contribution in [-0.4, -0.2) is 30.8 Å². The first kappa shape index (κ1) is 13.7. The summed E-state index contributed by atoms with van der Waals surface area (Å²) < 4.78 is 0. The second-order valence-corrected chi connectivity index (χ2v) is 5.43. The Morgan fingerprint density at radius 2 is 1.84 bits per heavy atom. The standard InChI is InChI=1S/C15H20N2O2/c1-10(2)16-8-11(3)9-17-13-7-5-4-6-12(13)14(18)15(17)19/h4-7,10-11,16H,8-9H2,1-3H3. The number of fused-ring (bicyclic) bond motifs is 1. The highest BCUT2D eigenvalue weighted by Crippen LogP contribution is 2.28. The van der Waals surface area contributed by atoms with Gasteiger partial charge in [-0.3, -0.25) is 9.59 Å². The minimum atomic E-state index is -0.405. The average molecular weight is 260 g/mol. The molecule has 0 fully saturated rings. The van der Waals surface area contributed by atoms with Crippen molar-refractivity contribution >= 4 is 17.4 Å². The molecule has 1 aliphatic rings. The molecule has 4 heteroatoms. The van der Waals surface area contributed by atoms with E-state index in [9.17, 15) is 9.59 Å². The molecule has 1 aliphatic heterocycles. The van der Waals surface area contributed by atoms with Crippen molar-refractivity contribution < 1.29 is 9.59 Å². The van der Waals surface area contributed by atoms with Crippen LogP contribution in [0, 0.1) is 5.92 Å². The fourth-order valence-electron chi connectivity index (χ4n) is 2.24. The van der Waals surface area contributed by atoms with Gasteiger partial charge in [0.15, 0.2) is 0 Å². The summed E-state index contributed by atoms with van der Waals surface area (Å²) in [5, 5.41) is 3.35. The molecule has 1 unspecified atom stereocenters. The molecule has 0 saturated carbocycles. The SMILES string of the molecule is CC(CNC(C)C)CN1C(=O)C(=O)c2ccccc21. The Balaban J connectivity index is 2.09. The third-order valence-corrected chi connectivity index (χ3v) is 3.25. The summed E-state index contributed by atoms with van der Waals surface area (Å²) >= 11 is 0. The summed E-state index contributed by atoms with van der Waals surface area (Å²) in [6.45, 7) is 7.66. The molecule has 1 aromatic rings. The summed E-state index contributed by atoms with van der Waals surface area (Å²) in [7, 11) is 0. The lowest BCUT2D eigenvalue weighted by atomic mass is 10.1. The lowest BCUT2D eigenvalue weighted by Crippen LogP contribution is -2.38. The Morgan fingerprint density at radius 1 is 1.16 bits per heavy atom. The largest absolute Gasteiger partial charge is 0.314 e. The van der Waals surface area contributed by atoms with E-state index in [1.165, 1.54) is 0 Å². The first-order chi connectivity index (χ1) is 9.00. The van der Waals surface area contributed by atoms with E-state index >= 15 is 0 Å². The van der Waals surface area contributed by atoms with Crippen LogP contribution in [0.25, 0.3) is 0 Å². The number of nitrogens with zero attached hydrogens (tertiary/aromatic N) is 1. The third kappa shape index (κ3) is 2.84. The van der Waals surface area contributed by atoms with Gasteiger partial charge in [0.2, 0.25) is 0 Å². The Morgan fingerprint density at radius 3 is 2.53 bits per heavy atom. The van der Waals surface area contributed by atoms with E-state index in [0.717, 1.165) is 12.2 Å². The molecule has 0 spiro atoms. The lowest BCUT2D eigenvalue weighted by molar-refractivity contribution is -0.114. The number of anilines is 1. The number of amides is 1. The van der Waals surface area contributed by atoms with E-state index in [1.54, 1.807) is 17.0 Å². The molecule has 0 aromatic heterocycles. The Bertz CT molecular complexity index is 497. The number of rotatable bonds is 5. The summed E-state index contributed by atoms with van der Waals surface area (Å²) in [6.07, 6.45) is 0. The predicted molar refractivity (Wildman–Crippen MR) is 75.4 cm³/mol. The topological polar surface area (TPSA) is 49.4 Å². The van der Waals surface area contributed by atoms with Crippen molar-refractivity contribution in [2.45, 2.75) is 26.8 Å². The van der Waals surface area contributed by atoms with Crippen molar-refractivity contribution in [3.05, 3.63) is 29.8 Å². The van der Waals surface area contributed by atoms with E-state index in [-0.39, 0.29) is 5.78 Å². The maximum absolute atomic E-state index is 12.0. The minimum absolute atomic E-state index is 0.297. The van der Waals surface area contributed by atoms with Gasteiger partial charge >= 0.3 is 0 Å². The summed E-state index contributed by atoms with van der Waals surface area (Å²) in [5.74, 6) is -0.498. The van der Waals surface area contributed by atoms with Gasteiger partial charge in [-0.05, 0) is 24.6 Å². The van der Waals surface area contributed by atoms with Crippen LogP contribution in [0.5, 0.6) is 0 Å². The van der Waals surface area contributed by atoms with Crippen LogP contribution in [0.4, 0.5) is 5.69 Å². The molecular formula is C15H20N2O2. The third-order valence-electron chi connectivity index (χ3n) is 3.25. The number of nitrogens with one attached hydrogen (secondary N) is 1. The quantitative estimate of drug-likeness (QED) is 0.822. The van der Waals surface area contributed by atoms with E-state index < -0.39 is 5.91 Å². The summed E-state index contributed by atoms with van der Waals surface area (Å²) in [4.78, 5) is 25.4. The van der Waals surface area contributed by atoms with Gasteiger partial charge in [-0.15, -0.1) is 0 Å². The molecule has 19 heavy (non-hydrogen) atoms. The fraction of sp³-hybridized carbons (Fsp3) is 0.467. The van der Waals surface area contributed by atoms with Gasteiger partial charge < -0.3 is 10.2 Å². The van der Waals surface area contributed by atoms with Crippen molar-refractivity contribution in [1.82, 2.24) is 5.32 Å². The molecule has 1 heterocycles. The van der Waals surface area contributed by atoms with Crippen LogP contribution in [0.15, 0.2) is 24.3 Å². The highest BCUT2D eigenvalue weighted by atomic mass is 16.2. The van der Waals surface area contributed by atoms with Crippen LogP contribution in [0.3, 0.4) is 0 Å². The van der Waals surface area contributed by atoms with Gasteiger partial charge in [0.25, 0.3) is 11.7 Å². The number of hydrogen-bond acceptors (Lipinski definition) is 3. The monoisotopic (exact) mass is 260 g/mol. The molecule has 4 nitrogen and oxygen atoms in total. The number of benzene rings is 1. The maximum atomic E-state index is 12.0. The molecule has 1 aromatic carbocycles. The minimum Gasteiger partial charge on any atom is -0.314 e. The number of Topliss-reactive ketones (excluding diaryl/α,β-unsaturated/α-hetero) is 1. The molecular weight excluding hydrogens is 240 g/mol. The van der Waals surface area contributed by atoms with Crippen molar-refractivity contribution in [2.24, 2.45) is 5.92 Å². The van der Waals surface area contributed by atoms with Gasteiger partial charge in [-0.2, -0.15) is 0 Å². The highest BCUT2D eigenvalue weighted by molar-refractivity contribution is 6.52. The Labute approximate surface area is 113 Å². The molecule has 102 valence electrons. The van der Waals surface area contributed by atoms with E-state index in [0.29, 0.717) is 24.1 Å². The van der Waals surface area contributed by atoms with Gasteiger partial charge in [-0.25, -0.2) is 0 Å². The second-order valence-electron chi connectivity index (χ2n) is 5.43. The van der Waals surface area contributed by atoms with Gasteiger partial charge in [0, 0.05) is 12.6 Å². The van der Waals surface area contributed by atoms with Crippen molar-refractivity contribution in [3.63, 3.8) is 0 Å². The van der Waals surface area contributed by atoms with E-state index in [4.69, 9.17) is 0 Å². The maximum Gasteiger partial charge on any atom is 0.299 e. The number of para-hydroxylation sites is 1. The molecule has 1 atom stereocenters. The summed E-state index contributed by atoms with van der Waals surface area (Å²) in [6, 6.07) is 7.62. The molecule has 1 N–H and O–H groups in total. The van der Waals surface area contributed by atoms with E-state index in [2.05, 4.69) is 26.1 Å². The lowest BCUT2D eigenvalue weighted by Gasteiger charge is -2.22. The zero-order valence-electron chi connectivity index (χ0n) is 11.6. The fourth-order valence-corrected chi connectivity index (χ4v) is 2.24. The zero-order chi connectivity index (χ0) is 14.0. The zero-order valence-corrected chi connectivity index (χ0v) is 11.6.